The van der Waals surface area contributed by atoms with E-state index in [0.29, 0.717) is 0 Å². The third-order valence-electron chi connectivity index (χ3n) is 3.84. The lowest BCUT2D eigenvalue weighted by Gasteiger charge is -2.25. The number of morpholine rings is 1. The Bertz CT molecular complexity index is 642. The number of benzene rings is 1. The smallest absolute Gasteiger partial charge is 0.198 e. The number of hydrogen-bond acceptors (Lipinski definition) is 4. The lowest BCUT2D eigenvalue weighted by molar-refractivity contribution is 0.0395. The number of aromatic nitrogens is 1. The summed E-state index contributed by atoms with van der Waals surface area (Å²) in [5, 5.41) is 11.0. The Hall–Kier alpha value is -1.85. The predicted octanol–water partition coefficient (Wildman–Crippen LogP) is 1.93. The van der Waals surface area contributed by atoms with Gasteiger partial charge in [0, 0.05) is 36.8 Å². The van der Waals surface area contributed by atoms with Crippen LogP contribution < -0.4 is 0 Å². The van der Waals surface area contributed by atoms with E-state index in [2.05, 4.69) is 20.9 Å². The summed E-state index contributed by atoms with van der Waals surface area (Å²) < 4.78 is 5.32. The van der Waals surface area contributed by atoms with Crippen LogP contribution >= 0.6 is 0 Å². The van der Waals surface area contributed by atoms with Crippen molar-refractivity contribution in [2.75, 3.05) is 39.4 Å². The van der Waals surface area contributed by atoms with E-state index in [9.17, 15) is 5.11 Å². The third kappa shape index (κ3) is 3.25. The maximum absolute atomic E-state index is 10.00. The fraction of sp³-hybridized carbons (Fsp3) is 0.438. The van der Waals surface area contributed by atoms with Crippen molar-refractivity contribution in [2.24, 2.45) is 4.99 Å². The molecule has 3 rings (SSSR count). The van der Waals surface area contributed by atoms with Crippen LogP contribution in [0.3, 0.4) is 0 Å². The minimum atomic E-state index is 0.186. The molecule has 1 aliphatic rings. The topological polar surface area (TPSA) is 60.8 Å². The number of aromatic amines is 1. The van der Waals surface area contributed by atoms with Crippen LogP contribution in [0.1, 0.15) is 11.1 Å². The Morgan fingerprint density at radius 2 is 2.19 bits per heavy atom. The van der Waals surface area contributed by atoms with Crippen molar-refractivity contribution < 1.29 is 9.84 Å². The summed E-state index contributed by atoms with van der Waals surface area (Å²) in [6.07, 6.45) is 1.77. The van der Waals surface area contributed by atoms with Gasteiger partial charge in [0.1, 0.15) is 0 Å². The summed E-state index contributed by atoms with van der Waals surface area (Å²) in [5.41, 5.74) is 2.88. The van der Waals surface area contributed by atoms with Crippen molar-refractivity contribution in [3.63, 3.8) is 0 Å². The number of rotatable bonds is 4. The number of hydrogen-bond donors (Lipinski definition) is 2. The Kier molecular flexibility index (Phi) is 4.22. The molecule has 1 aliphatic heterocycles. The van der Waals surface area contributed by atoms with Crippen LogP contribution in [-0.4, -0.2) is 60.6 Å². The first-order valence-corrected chi connectivity index (χ1v) is 7.35. The maximum Gasteiger partial charge on any atom is 0.198 e. The second-order valence-electron chi connectivity index (χ2n) is 5.43. The number of aromatic hydroxyl groups is 1. The first-order chi connectivity index (χ1) is 10.2. The Labute approximate surface area is 124 Å². The minimum Gasteiger partial charge on any atom is -0.494 e. The largest absolute Gasteiger partial charge is 0.494 e. The number of H-pyrrole nitrogens is 1. The van der Waals surface area contributed by atoms with Gasteiger partial charge in [-0.3, -0.25) is 9.89 Å². The lowest BCUT2D eigenvalue weighted by atomic mass is 10.1. The number of fused-ring (bicyclic) bond motifs is 1. The van der Waals surface area contributed by atoms with Crippen LogP contribution in [0, 0.1) is 6.92 Å². The molecule has 1 fully saturated rings. The molecule has 0 unspecified atom stereocenters. The van der Waals surface area contributed by atoms with Gasteiger partial charge in [0.15, 0.2) is 5.88 Å². The zero-order valence-electron chi connectivity index (χ0n) is 12.3. The molecule has 0 amide bonds. The molecule has 1 saturated heterocycles. The van der Waals surface area contributed by atoms with Crippen LogP contribution in [0.15, 0.2) is 23.2 Å². The summed E-state index contributed by atoms with van der Waals surface area (Å²) in [7, 11) is 0. The Morgan fingerprint density at radius 3 is 3.00 bits per heavy atom. The Balaban J connectivity index is 1.67. The van der Waals surface area contributed by atoms with Crippen LogP contribution in [0.25, 0.3) is 10.9 Å². The predicted molar refractivity (Wildman–Crippen MR) is 84.4 cm³/mol. The zero-order chi connectivity index (χ0) is 14.7. The molecule has 5 heteroatoms. The van der Waals surface area contributed by atoms with Crippen LogP contribution in [-0.2, 0) is 4.74 Å². The van der Waals surface area contributed by atoms with Gasteiger partial charge in [0.05, 0.1) is 25.3 Å². The number of aryl methyl sites for hydroxylation is 1. The molecule has 0 saturated carbocycles. The fourth-order valence-electron chi connectivity index (χ4n) is 2.62. The molecule has 0 spiro atoms. The van der Waals surface area contributed by atoms with Gasteiger partial charge in [-0.05, 0) is 19.1 Å². The summed E-state index contributed by atoms with van der Waals surface area (Å²) in [4.78, 5) is 9.79. The number of nitrogens with one attached hydrogen (secondary N) is 1. The molecule has 1 aromatic carbocycles. The van der Waals surface area contributed by atoms with Crippen LogP contribution in [0.5, 0.6) is 5.88 Å². The average Bonchev–Trinajstić information content (AvgIpc) is 2.80. The summed E-state index contributed by atoms with van der Waals surface area (Å²) in [5.74, 6) is 0.186. The minimum absolute atomic E-state index is 0.186. The van der Waals surface area contributed by atoms with Crippen molar-refractivity contribution in [3.05, 3.63) is 29.3 Å². The van der Waals surface area contributed by atoms with E-state index in [1.165, 1.54) is 5.56 Å². The highest BCUT2D eigenvalue weighted by Crippen LogP contribution is 2.26. The van der Waals surface area contributed by atoms with E-state index in [1.807, 2.05) is 19.1 Å². The molecule has 2 aromatic rings. The number of ether oxygens (including phenoxy) is 1. The van der Waals surface area contributed by atoms with E-state index in [0.717, 1.165) is 55.9 Å². The second kappa shape index (κ2) is 6.28. The van der Waals surface area contributed by atoms with Gasteiger partial charge in [-0.1, -0.05) is 11.6 Å². The molecule has 21 heavy (non-hydrogen) atoms. The third-order valence-corrected chi connectivity index (χ3v) is 3.84. The van der Waals surface area contributed by atoms with Crippen molar-refractivity contribution in [1.82, 2.24) is 9.88 Å². The van der Waals surface area contributed by atoms with Gasteiger partial charge < -0.3 is 14.8 Å². The molecule has 2 heterocycles. The van der Waals surface area contributed by atoms with Gasteiger partial charge in [-0.15, -0.1) is 0 Å². The van der Waals surface area contributed by atoms with Crippen molar-refractivity contribution in [1.29, 1.82) is 0 Å². The number of aliphatic imine (C=N–C) groups is 1. The highest BCUT2D eigenvalue weighted by molar-refractivity contribution is 6.02. The molecule has 1 aromatic heterocycles. The fourth-order valence-corrected chi connectivity index (χ4v) is 2.62. The van der Waals surface area contributed by atoms with E-state index < -0.39 is 0 Å². The summed E-state index contributed by atoms with van der Waals surface area (Å²) in [6.45, 7) is 7.29. The standard InChI is InChI=1S/C16H21N3O2/c1-12-2-3-15-13(10-12)14(16(20)18-15)11-17-4-5-19-6-8-21-9-7-19/h2-3,10-11,18,20H,4-9H2,1H3. The molecule has 5 nitrogen and oxygen atoms in total. The molecule has 0 atom stereocenters. The van der Waals surface area contributed by atoms with Gasteiger partial charge in [0.25, 0.3) is 0 Å². The van der Waals surface area contributed by atoms with Crippen molar-refractivity contribution in [3.8, 4) is 5.88 Å². The quantitative estimate of drug-likeness (QED) is 0.845. The first kappa shape index (κ1) is 14.1. The zero-order valence-corrected chi connectivity index (χ0v) is 12.3. The van der Waals surface area contributed by atoms with Gasteiger partial charge in [-0.25, -0.2) is 0 Å². The number of nitrogens with zero attached hydrogens (tertiary/aromatic N) is 2. The van der Waals surface area contributed by atoms with Gasteiger partial charge in [0.2, 0.25) is 0 Å². The lowest BCUT2D eigenvalue weighted by Crippen LogP contribution is -2.37. The van der Waals surface area contributed by atoms with Gasteiger partial charge in [-0.2, -0.15) is 0 Å². The van der Waals surface area contributed by atoms with Gasteiger partial charge >= 0.3 is 0 Å². The highest BCUT2D eigenvalue weighted by atomic mass is 16.5. The molecule has 0 bridgehead atoms. The molecule has 0 radical (unpaired) electrons. The van der Waals surface area contributed by atoms with E-state index in [-0.39, 0.29) is 5.88 Å². The van der Waals surface area contributed by atoms with Crippen LogP contribution in [0.4, 0.5) is 0 Å². The molecule has 0 aliphatic carbocycles. The monoisotopic (exact) mass is 287 g/mol. The summed E-state index contributed by atoms with van der Waals surface area (Å²) >= 11 is 0. The summed E-state index contributed by atoms with van der Waals surface area (Å²) in [6, 6.07) is 6.07. The molecule has 112 valence electrons. The van der Waals surface area contributed by atoms with E-state index in [1.54, 1.807) is 6.21 Å². The van der Waals surface area contributed by atoms with Crippen LogP contribution in [0.2, 0.25) is 0 Å². The molecule has 2 N–H and O–H groups in total. The van der Waals surface area contributed by atoms with E-state index in [4.69, 9.17) is 4.74 Å². The Morgan fingerprint density at radius 1 is 1.38 bits per heavy atom. The molecular formula is C16H21N3O2. The molecular weight excluding hydrogens is 266 g/mol. The normalized spacial score (nSPS) is 17.0. The van der Waals surface area contributed by atoms with Crippen molar-refractivity contribution in [2.45, 2.75) is 6.92 Å². The first-order valence-electron chi connectivity index (χ1n) is 7.35. The van der Waals surface area contributed by atoms with E-state index >= 15 is 0 Å². The SMILES string of the molecule is Cc1ccc2[nH]c(O)c(C=NCCN3CCOCC3)c2c1. The average molecular weight is 287 g/mol. The van der Waals surface area contributed by atoms with Crippen molar-refractivity contribution >= 4 is 17.1 Å². The second-order valence-corrected chi connectivity index (χ2v) is 5.43. The highest BCUT2D eigenvalue weighted by Gasteiger charge is 2.10. The maximum atomic E-state index is 10.00.